The molecule has 1 aliphatic heterocycles. The molecule has 0 amide bonds. The Labute approximate surface area is 205 Å². The van der Waals surface area contributed by atoms with Crippen molar-refractivity contribution in [2.24, 2.45) is 0 Å². The van der Waals surface area contributed by atoms with Gasteiger partial charge in [-0.05, 0) is 48.4 Å². The van der Waals surface area contributed by atoms with Gasteiger partial charge in [0, 0.05) is 29.5 Å². The molecule has 1 aromatic carbocycles. The summed E-state index contributed by atoms with van der Waals surface area (Å²) in [6.07, 6.45) is -2.43. The summed E-state index contributed by atoms with van der Waals surface area (Å²) in [6.45, 7) is 6.05. The van der Waals surface area contributed by atoms with Crippen LogP contribution in [0.15, 0.2) is 47.4 Å². The van der Waals surface area contributed by atoms with Crippen molar-refractivity contribution in [1.29, 1.82) is 0 Å². The normalized spacial score (nSPS) is 14.2. The fourth-order valence-electron chi connectivity index (χ4n) is 4.28. The Morgan fingerprint density at radius 1 is 1.08 bits per heavy atom. The van der Waals surface area contributed by atoms with Crippen molar-refractivity contribution in [1.82, 2.24) is 29.6 Å². The van der Waals surface area contributed by atoms with E-state index in [4.69, 9.17) is 0 Å². The van der Waals surface area contributed by atoms with Gasteiger partial charge in [0.1, 0.15) is 11.9 Å². The number of benzene rings is 1. The molecule has 4 aromatic rings. The average molecular weight is 498 g/mol. The van der Waals surface area contributed by atoms with Gasteiger partial charge in [0.15, 0.2) is 11.5 Å². The molecule has 36 heavy (non-hydrogen) atoms. The van der Waals surface area contributed by atoms with E-state index in [-0.39, 0.29) is 28.2 Å². The second kappa shape index (κ2) is 8.74. The second-order valence-corrected chi connectivity index (χ2v) is 9.89. The Morgan fingerprint density at radius 3 is 2.64 bits per heavy atom. The van der Waals surface area contributed by atoms with Crippen LogP contribution in [0.2, 0.25) is 0 Å². The van der Waals surface area contributed by atoms with Crippen LogP contribution in [0.4, 0.5) is 24.8 Å². The number of halogens is 3. The first kappa shape index (κ1) is 24.0. The highest BCUT2D eigenvalue weighted by Gasteiger charge is 2.32. The number of pyridine rings is 1. The van der Waals surface area contributed by atoms with Gasteiger partial charge in [0.05, 0.1) is 0 Å². The molecule has 0 spiro atoms. The summed E-state index contributed by atoms with van der Waals surface area (Å²) >= 11 is 0. The third-order valence-electron chi connectivity index (χ3n) is 6.07. The van der Waals surface area contributed by atoms with E-state index >= 15 is 0 Å². The predicted molar refractivity (Wildman–Crippen MR) is 131 cm³/mol. The smallest absolute Gasteiger partial charge is 0.324 e. The Hall–Kier alpha value is -3.73. The molecule has 11 heteroatoms. The van der Waals surface area contributed by atoms with Crippen LogP contribution in [-0.2, 0) is 24.9 Å². The van der Waals surface area contributed by atoms with Crippen LogP contribution >= 0.6 is 0 Å². The SMILES string of the molecule is CC(C)(C)c1cccc(-n2c3nc(Nc4ccc5c(c4)CNCC5)ncc3c(=O)n2CC(F)(F)F)n1. The van der Waals surface area contributed by atoms with Gasteiger partial charge < -0.3 is 10.6 Å². The maximum absolute atomic E-state index is 13.5. The van der Waals surface area contributed by atoms with Crippen LogP contribution < -0.4 is 16.2 Å². The number of hydrogen-bond acceptors (Lipinski definition) is 6. The fraction of sp³-hybridized carbons (Fsp3) is 0.360. The molecule has 8 nitrogen and oxygen atoms in total. The molecule has 0 atom stereocenters. The summed E-state index contributed by atoms with van der Waals surface area (Å²) in [5.74, 6) is 0.333. The molecule has 2 N–H and O–H groups in total. The van der Waals surface area contributed by atoms with Crippen LogP contribution in [0.1, 0.15) is 37.6 Å². The van der Waals surface area contributed by atoms with Gasteiger partial charge >= 0.3 is 6.18 Å². The monoisotopic (exact) mass is 497 g/mol. The minimum Gasteiger partial charge on any atom is -0.324 e. The number of anilines is 2. The van der Waals surface area contributed by atoms with Gasteiger partial charge in [0.2, 0.25) is 5.95 Å². The maximum atomic E-state index is 13.5. The summed E-state index contributed by atoms with van der Waals surface area (Å²) in [7, 11) is 0. The standard InChI is InChI=1S/C25H26F3N7O/c1-24(2,3)19-5-4-6-20(32-19)35-21-18(22(36)34(35)14-25(26,27)28)13-30-23(33-21)31-17-8-7-15-9-10-29-12-16(15)11-17/h4-8,11,13,29H,9-10,12,14H2,1-3H3,(H,30,31,33). The van der Waals surface area contributed by atoms with E-state index in [1.165, 1.54) is 11.8 Å². The van der Waals surface area contributed by atoms with Gasteiger partial charge in [-0.2, -0.15) is 18.2 Å². The Kier molecular flexibility index (Phi) is 5.82. The van der Waals surface area contributed by atoms with Crippen LogP contribution in [0.25, 0.3) is 16.9 Å². The van der Waals surface area contributed by atoms with Crippen molar-refractivity contribution in [3.63, 3.8) is 0 Å². The van der Waals surface area contributed by atoms with Gasteiger partial charge in [-0.3, -0.25) is 4.79 Å². The Morgan fingerprint density at radius 2 is 1.89 bits per heavy atom. The summed E-state index contributed by atoms with van der Waals surface area (Å²) in [5, 5.41) is 6.42. The lowest BCUT2D eigenvalue weighted by atomic mass is 9.92. The zero-order chi connectivity index (χ0) is 25.7. The molecule has 0 radical (unpaired) electrons. The Balaban J connectivity index is 1.64. The van der Waals surface area contributed by atoms with E-state index in [1.54, 1.807) is 18.2 Å². The maximum Gasteiger partial charge on any atom is 0.408 e. The molecule has 0 saturated heterocycles. The van der Waals surface area contributed by atoms with Gasteiger partial charge in [-0.15, -0.1) is 0 Å². The lowest BCUT2D eigenvalue weighted by Crippen LogP contribution is -2.30. The molecule has 0 fully saturated rings. The molecule has 0 unspecified atom stereocenters. The lowest BCUT2D eigenvalue weighted by Gasteiger charge is -2.20. The number of rotatable bonds is 4. The van der Waals surface area contributed by atoms with Crippen LogP contribution in [0.3, 0.4) is 0 Å². The van der Waals surface area contributed by atoms with Crippen LogP contribution in [-0.4, -0.2) is 37.0 Å². The van der Waals surface area contributed by atoms with Crippen molar-refractivity contribution >= 4 is 22.7 Å². The largest absolute Gasteiger partial charge is 0.408 e. The molecule has 0 saturated carbocycles. The first-order valence-electron chi connectivity index (χ1n) is 11.6. The number of alkyl halides is 3. The number of fused-ring (bicyclic) bond motifs is 2. The third-order valence-corrected chi connectivity index (χ3v) is 6.07. The first-order valence-corrected chi connectivity index (χ1v) is 11.6. The van der Waals surface area contributed by atoms with E-state index in [1.807, 2.05) is 39.0 Å². The third kappa shape index (κ3) is 4.70. The molecular formula is C25H26F3N7O. The van der Waals surface area contributed by atoms with E-state index in [0.29, 0.717) is 10.4 Å². The highest BCUT2D eigenvalue weighted by molar-refractivity contribution is 5.77. The van der Waals surface area contributed by atoms with E-state index in [9.17, 15) is 18.0 Å². The van der Waals surface area contributed by atoms with E-state index < -0.39 is 18.3 Å². The molecule has 3 aromatic heterocycles. The minimum absolute atomic E-state index is 0.0256. The summed E-state index contributed by atoms with van der Waals surface area (Å²) < 4.78 is 42.2. The second-order valence-electron chi connectivity index (χ2n) is 9.89. The van der Waals surface area contributed by atoms with Crippen molar-refractivity contribution < 1.29 is 13.2 Å². The highest BCUT2D eigenvalue weighted by Crippen LogP contribution is 2.26. The molecule has 0 aliphatic carbocycles. The number of hydrogen-bond donors (Lipinski definition) is 2. The topological polar surface area (TPSA) is 89.7 Å². The fourth-order valence-corrected chi connectivity index (χ4v) is 4.28. The van der Waals surface area contributed by atoms with Crippen molar-refractivity contribution in [2.45, 2.75) is 51.9 Å². The van der Waals surface area contributed by atoms with E-state index in [2.05, 4.69) is 25.6 Å². The summed E-state index contributed by atoms with van der Waals surface area (Å²) in [4.78, 5) is 26.3. The zero-order valence-corrected chi connectivity index (χ0v) is 20.1. The first-order chi connectivity index (χ1) is 17.0. The summed E-state index contributed by atoms with van der Waals surface area (Å²) in [6, 6.07) is 11.0. The molecule has 0 bridgehead atoms. The van der Waals surface area contributed by atoms with Gasteiger partial charge in [-0.1, -0.05) is 32.9 Å². The van der Waals surface area contributed by atoms with Crippen LogP contribution in [0.5, 0.6) is 0 Å². The zero-order valence-electron chi connectivity index (χ0n) is 20.1. The van der Waals surface area contributed by atoms with Crippen molar-refractivity contribution in [2.75, 3.05) is 11.9 Å². The molecule has 188 valence electrons. The van der Waals surface area contributed by atoms with Crippen molar-refractivity contribution in [3.8, 4) is 5.82 Å². The average Bonchev–Trinajstić information content (AvgIpc) is 3.08. The van der Waals surface area contributed by atoms with E-state index in [0.717, 1.165) is 35.4 Å². The van der Waals surface area contributed by atoms with Gasteiger partial charge in [0.25, 0.3) is 5.56 Å². The number of aromatic nitrogens is 5. The van der Waals surface area contributed by atoms with Crippen molar-refractivity contribution in [3.05, 3.63) is 69.8 Å². The molecule has 1 aliphatic rings. The predicted octanol–water partition coefficient (Wildman–Crippen LogP) is 4.23. The minimum atomic E-state index is -4.62. The summed E-state index contributed by atoms with van der Waals surface area (Å²) in [5.41, 5.74) is 2.69. The Bertz CT molecular complexity index is 1500. The molecule has 5 rings (SSSR count). The quantitative estimate of drug-likeness (QED) is 0.439. The highest BCUT2D eigenvalue weighted by atomic mass is 19.4. The molecule has 4 heterocycles. The number of nitrogens with one attached hydrogen (secondary N) is 2. The molecular weight excluding hydrogens is 471 g/mol. The lowest BCUT2D eigenvalue weighted by molar-refractivity contribution is -0.144. The van der Waals surface area contributed by atoms with Gasteiger partial charge in [-0.25, -0.2) is 19.3 Å². The number of nitrogens with zero attached hydrogens (tertiary/aromatic N) is 5. The van der Waals surface area contributed by atoms with Crippen LogP contribution in [0, 0.1) is 0 Å².